The Kier molecular flexibility index (Phi) is 4.35. The van der Waals surface area contributed by atoms with Crippen molar-refractivity contribution < 1.29 is 9.53 Å². The van der Waals surface area contributed by atoms with Crippen molar-refractivity contribution in [3.63, 3.8) is 0 Å². The van der Waals surface area contributed by atoms with Crippen molar-refractivity contribution in [3.8, 4) is 11.8 Å². The highest BCUT2D eigenvalue weighted by Crippen LogP contribution is 2.19. The summed E-state index contributed by atoms with van der Waals surface area (Å²) in [5, 5.41) is 8.93. The lowest BCUT2D eigenvalue weighted by Crippen LogP contribution is -2.31. The molecule has 0 heterocycles. The summed E-state index contributed by atoms with van der Waals surface area (Å²) in [6, 6.07) is 18.0. The number of amides is 1. The molecule has 20 heavy (non-hydrogen) atoms. The largest absolute Gasteiger partial charge is 0.497 e. The Bertz CT molecular complexity index is 632. The van der Waals surface area contributed by atoms with Crippen LogP contribution in [0.2, 0.25) is 0 Å². The van der Waals surface area contributed by atoms with Crippen LogP contribution in [-0.2, 0) is 0 Å². The lowest BCUT2D eigenvalue weighted by molar-refractivity contribution is 0.0989. The number of methoxy groups -OCH3 is 1. The Morgan fingerprint density at radius 3 is 2.60 bits per heavy atom. The Morgan fingerprint density at radius 2 is 1.95 bits per heavy atom. The third-order valence-electron chi connectivity index (χ3n) is 2.86. The number of hydrogen-bond acceptors (Lipinski definition) is 3. The molecule has 0 N–H and O–H groups in total. The number of nitriles is 1. The average Bonchev–Trinajstić information content (AvgIpc) is 2.53. The minimum absolute atomic E-state index is 0.0000560. The van der Waals surface area contributed by atoms with E-state index in [1.54, 1.807) is 43.5 Å². The lowest BCUT2D eigenvalue weighted by atomic mass is 10.1. The molecule has 0 radical (unpaired) electrons. The molecule has 0 aromatic heterocycles. The fraction of sp³-hybridized carbons (Fsp3) is 0.125. The smallest absolute Gasteiger partial charge is 0.259 e. The van der Waals surface area contributed by atoms with Crippen molar-refractivity contribution in [3.05, 3.63) is 60.2 Å². The summed E-state index contributed by atoms with van der Waals surface area (Å²) in [5.41, 5.74) is 1.19. The molecule has 0 aliphatic carbocycles. The molecule has 100 valence electrons. The zero-order valence-electron chi connectivity index (χ0n) is 11.1. The topological polar surface area (TPSA) is 53.3 Å². The zero-order valence-corrected chi connectivity index (χ0v) is 11.1. The van der Waals surface area contributed by atoms with Gasteiger partial charge < -0.3 is 4.74 Å². The summed E-state index contributed by atoms with van der Waals surface area (Å²) in [4.78, 5) is 14.0. The van der Waals surface area contributed by atoms with E-state index >= 15 is 0 Å². The molecule has 0 aliphatic heterocycles. The van der Waals surface area contributed by atoms with Crippen molar-refractivity contribution in [1.82, 2.24) is 0 Å². The predicted octanol–water partition coefficient (Wildman–Crippen LogP) is 2.87. The van der Waals surface area contributed by atoms with Gasteiger partial charge in [0, 0.05) is 11.3 Å². The normalized spacial score (nSPS) is 9.60. The number of hydrogen-bond donors (Lipinski definition) is 0. The third kappa shape index (κ3) is 2.96. The summed E-state index contributed by atoms with van der Waals surface area (Å²) < 4.78 is 5.11. The molecule has 2 rings (SSSR count). The van der Waals surface area contributed by atoms with Gasteiger partial charge in [0.1, 0.15) is 12.3 Å². The number of rotatable bonds is 4. The molecule has 2 aromatic carbocycles. The molecule has 0 aliphatic rings. The molecule has 0 bridgehead atoms. The Balaban J connectivity index is 2.34. The summed E-state index contributed by atoms with van der Waals surface area (Å²) in [5.74, 6) is 0.387. The number of carbonyl (C=O) groups is 1. The third-order valence-corrected chi connectivity index (χ3v) is 2.86. The van der Waals surface area contributed by atoms with Gasteiger partial charge in [0.25, 0.3) is 5.91 Å². The first-order valence-corrected chi connectivity index (χ1v) is 6.14. The van der Waals surface area contributed by atoms with E-state index in [1.165, 1.54) is 4.90 Å². The number of anilines is 1. The number of carbonyl (C=O) groups excluding carboxylic acids is 1. The van der Waals surface area contributed by atoms with E-state index in [0.29, 0.717) is 17.0 Å². The second-order valence-electron chi connectivity index (χ2n) is 4.12. The van der Waals surface area contributed by atoms with Gasteiger partial charge >= 0.3 is 0 Å². The quantitative estimate of drug-likeness (QED) is 0.799. The van der Waals surface area contributed by atoms with E-state index in [0.717, 1.165) is 0 Å². The van der Waals surface area contributed by atoms with Crippen molar-refractivity contribution in [2.75, 3.05) is 18.6 Å². The molecule has 0 saturated carbocycles. The van der Waals surface area contributed by atoms with Crippen LogP contribution in [0.15, 0.2) is 54.6 Å². The molecule has 0 saturated heterocycles. The second kappa shape index (κ2) is 6.39. The number of benzene rings is 2. The molecule has 4 heteroatoms. The highest BCUT2D eigenvalue weighted by molar-refractivity contribution is 6.06. The SMILES string of the molecule is COc1cccc(C(=O)N(CC#N)c2ccccc2)c1. The lowest BCUT2D eigenvalue weighted by Gasteiger charge is -2.19. The minimum Gasteiger partial charge on any atom is -0.497 e. The molecule has 0 unspecified atom stereocenters. The predicted molar refractivity (Wildman–Crippen MR) is 76.7 cm³/mol. The molecule has 1 amide bonds. The van der Waals surface area contributed by atoms with Crippen LogP contribution >= 0.6 is 0 Å². The zero-order chi connectivity index (χ0) is 14.4. The Morgan fingerprint density at radius 1 is 1.20 bits per heavy atom. The van der Waals surface area contributed by atoms with Gasteiger partial charge in [-0.15, -0.1) is 0 Å². The van der Waals surface area contributed by atoms with Crippen molar-refractivity contribution >= 4 is 11.6 Å². The van der Waals surface area contributed by atoms with Gasteiger partial charge in [0.15, 0.2) is 0 Å². The number of para-hydroxylation sites is 1. The van der Waals surface area contributed by atoms with Crippen LogP contribution in [0.1, 0.15) is 10.4 Å². The molecule has 0 atom stereocenters. The van der Waals surface area contributed by atoms with E-state index in [-0.39, 0.29) is 12.5 Å². The van der Waals surface area contributed by atoms with Crippen LogP contribution in [0.5, 0.6) is 5.75 Å². The first-order valence-electron chi connectivity index (χ1n) is 6.14. The van der Waals surface area contributed by atoms with Gasteiger partial charge in [0.05, 0.1) is 13.2 Å². The fourth-order valence-electron chi connectivity index (χ4n) is 1.87. The van der Waals surface area contributed by atoms with Crippen molar-refractivity contribution in [2.45, 2.75) is 0 Å². The van der Waals surface area contributed by atoms with Crippen molar-refractivity contribution in [1.29, 1.82) is 5.26 Å². The van der Waals surface area contributed by atoms with Gasteiger partial charge in [0.2, 0.25) is 0 Å². The Labute approximate surface area is 117 Å². The van der Waals surface area contributed by atoms with Crippen LogP contribution in [-0.4, -0.2) is 19.6 Å². The van der Waals surface area contributed by atoms with Crippen molar-refractivity contribution in [2.24, 2.45) is 0 Å². The second-order valence-corrected chi connectivity index (χ2v) is 4.12. The maximum absolute atomic E-state index is 12.5. The molecular formula is C16H14N2O2. The summed E-state index contributed by atoms with van der Waals surface area (Å²) in [6.07, 6.45) is 0. The standard InChI is InChI=1S/C16H14N2O2/c1-20-15-9-5-6-13(12-15)16(19)18(11-10-17)14-7-3-2-4-8-14/h2-9,12H,11H2,1H3. The monoisotopic (exact) mass is 266 g/mol. The van der Waals surface area contributed by atoms with Crippen LogP contribution < -0.4 is 9.64 Å². The van der Waals surface area contributed by atoms with Crippen LogP contribution in [0.25, 0.3) is 0 Å². The summed E-state index contributed by atoms with van der Waals surface area (Å²) in [7, 11) is 1.55. The number of nitrogens with zero attached hydrogens (tertiary/aromatic N) is 2. The van der Waals surface area contributed by atoms with E-state index in [9.17, 15) is 4.79 Å². The molecule has 0 spiro atoms. The molecule has 2 aromatic rings. The summed E-state index contributed by atoms with van der Waals surface area (Å²) in [6.45, 7) is 0.0000560. The van der Waals surface area contributed by atoms with E-state index < -0.39 is 0 Å². The maximum atomic E-state index is 12.5. The van der Waals surface area contributed by atoms with Crippen LogP contribution in [0.4, 0.5) is 5.69 Å². The fourth-order valence-corrected chi connectivity index (χ4v) is 1.87. The first kappa shape index (κ1) is 13.6. The van der Waals surface area contributed by atoms with E-state index in [4.69, 9.17) is 10.00 Å². The van der Waals surface area contributed by atoms with E-state index in [2.05, 4.69) is 0 Å². The average molecular weight is 266 g/mol. The van der Waals surface area contributed by atoms with Gasteiger partial charge in [-0.05, 0) is 30.3 Å². The molecular weight excluding hydrogens is 252 g/mol. The molecule has 4 nitrogen and oxygen atoms in total. The first-order chi connectivity index (χ1) is 9.76. The highest BCUT2D eigenvalue weighted by atomic mass is 16.5. The number of ether oxygens (including phenoxy) is 1. The summed E-state index contributed by atoms with van der Waals surface area (Å²) >= 11 is 0. The van der Waals surface area contributed by atoms with Gasteiger partial charge in [-0.2, -0.15) is 5.26 Å². The van der Waals surface area contributed by atoms with Gasteiger partial charge in [-0.1, -0.05) is 24.3 Å². The van der Waals surface area contributed by atoms with E-state index in [1.807, 2.05) is 24.3 Å². The van der Waals surface area contributed by atoms with Crippen LogP contribution in [0, 0.1) is 11.3 Å². The minimum atomic E-state index is -0.225. The Hall–Kier alpha value is -2.80. The maximum Gasteiger partial charge on any atom is 0.259 e. The molecule has 0 fully saturated rings. The van der Waals surface area contributed by atoms with Crippen LogP contribution in [0.3, 0.4) is 0 Å². The van der Waals surface area contributed by atoms with Gasteiger partial charge in [-0.25, -0.2) is 0 Å². The van der Waals surface area contributed by atoms with Gasteiger partial charge in [-0.3, -0.25) is 9.69 Å². The highest BCUT2D eigenvalue weighted by Gasteiger charge is 2.17.